The van der Waals surface area contributed by atoms with Crippen LogP contribution in [-0.4, -0.2) is 35.3 Å². The molecule has 0 heterocycles. The Labute approximate surface area is 129 Å². The summed E-state index contributed by atoms with van der Waals surface area (Å²) in [5, 5.41) is 14.1. The van der Waals surface area contributed by atoms with Crippen LogP contribution in [0.3, 0.4) is 0 Å². The molecule has 0 aromatic heterocycles. The van der Waals surface area contributed by atoms with Gasteiger partial charge in [0.2, 0.25) is 0 Å². The molecule has 1 aromatic rings. The maximum atomic E-state index is 12.9. The van der Waals surface area contributed by atoms with Crippen molar-refractivity contribution in [3.05, 3.63) is 29.6 Å². The summed E-state index contributed by atoms with van der Waals surface area (Å²) in [4.78, 5) is 11.6. The third kappa shape index (κ3) is 5.72. The van der Waals surface area contributed by atoms with Crippen molar-refractivity contribution in [2.45, 2.75) is 18.7 Å². The van der Waals surface area contributed by atoms with Crippen molar-refractivity contribution in [3.8, 4) is 0 Å². The van der Waals surface area contributed by atoms with Crippen molar-refractivity contribution >= 4 is 23.5 Å². The lowest BCUT2D eigenvalue weighted by atomic mass is 10.1. The standard InChI is InChI=1S/C13H16F4N2O2S/c1-12(21,7-22-2)6-18-11(20)19-10-4-3-8(14)5-9(10)13(15,16)17/h3-5,21H,6-7H2,1-2H3,(H2,18,19,20). The van der Waals surface area contributed by atoms with Crippen molar-refractivity contribution in [3.63, 3.8) is 0 Å². The Bertz CT molecular complexity index is 535. The molecule has 124 valence electrons. The first-order chi connectivity index (χ1) is 10.0. The number of hydrogen-bond donors (Lipinski definition) is 3. The number of carbonyl (C=O) groups excluding carboxylic acids is 1. The molecule has 0 fully saturated rings. The zero-order chi connectivity index (χ0) is 17.0. The Kier molecular flexibility index (Phi) is 6.07. The smallest absolute Gasteiger partial charge is 0.387 e. The van der Waals surface area contributed by atoms with Crippen LogP contribution in [0.15, 0.2) is 18.2 Å². The molecule has 0 aliphatic carbocycles. The molecule has 0 radical (unpaired) electrons. The summed E-state index contributed by atoms with van der Waals surface area (Å²) in [6.07, 6.45) is -3.03. The molecule has 0 saturated heterocycles. The quantitative estimate of drug-likeness (QED) is 0.722. The van der Waals surface area contributed by atoms with Crippen LogP contribution in [0, 0.1) is 5.82 Å². The molecule has 9 heteroatoms. The van der Waals surface area contributed by atoms with Crippen LogP contribution in [0.1, 0.15) is 12.5 Å². The van der Waals surface area contributed by atoms with Crippen LogP contribution in [0.25, 0.3) is 0 Å². The van der Waals surface area contributed by atoms with Crippen molar-refractivity contribution in [1.82, 2.24) is 5.32 Å². The molecule has 0 saturated carbocycles. The highest BCUT2D eigenvalue weighted by molar-refractivity contribution is 7.98. The molecular formula is C13H16F4N2O2S. The first-order valence-electron chi connectivity index (χ1n) is 6.18. The number of carbonyl (C=O) groups is 1. The fourth-order valence-corrected chi connectivity index (χ4v) is 2.38. The Morgan fingerprint density at radius 3 is 2.55 bits per heavy atom. The molecule has 4 nitrogen and oxygen atoms in total. The number of rotatable bonds is 5. The lowest BCUT2D eigenvalue weighted by Gasteiger charge is -2.23. The third-order valence-corrected chi connectivity index (χ3v) is 3.53. The van der Waals surface area contributed by atoms with E-state index in [2.05, 4.69) is 5.32 Å². The number of thioether (sulfide) groups is 1. The fraction of sp³-hybridized carbons (Fsp3) is 0.462. The number of nitrogens with one attached hydrogen (secondary N) is 2. The molecule has 1 aromatic carbocycles. The van der Waals surface area contributed by atoms with E-state index in [1.165, 1.54) is 18.7 Å². The Morgan fingerprint density at radius 1 is 1.36 bits per heavy atom. The summed E-state index contributed by atoms with van der Waals surface area (Å²) in [6, 6.07) is 1.03. The summed E-state index contributed by atoms with van der Waals surface area (Å²) in [7, 11) is 0. The minimum Gasteiger partial charge on any atom is -0.387 e. The largest absolute Gasteiger partial charge is 0.418 e. The number of aliphatic hydroxyl groups is 1. The van der Waals surface area contributed by atoms with Gasteiger partial charge < -0.3 is 15.7 Å². The topological polar surface area (TPSA) is 61.4 Å². The highest BCUT2D eigenvalue weighted by Gasteiger charge is 2.34. The molecule has 0 spiro atoms. The normalized spacial score (nSPS) is 14.3. The van der Waals surface area contributed by atoms with E-state index in [9.17, 15) is 27.5 Å². The summed E-state index contributed by atoms with van der Waals surface area (Å²) in [6.45, 7) is 1.35. The molecular weight excluding hydrogens is 324 g/mol. The van der Waals surface area contributed by atoms with Gasteiger partial charge in [0.15, 0.2) is 0 Å². The summed E-state index contributed by atoms with van der Waals surface area (Å²) in [5.74, 6) is -0.710. The maximum Gasteiger partial charge on any atom is 0.418 e. The average Bonchev–Trinajstić information content (AvgIpc) is 2.37. The SMILES string of the molecule is CSCC(C)(O)CNC(=O)Nc1ccc(F)cc1C(F)(F)F. The predicted molar refractivity (Wildman–Crippen MR) is 77.4 cm³/mol. The summed E-state index contributed by atoms with van der Waals surface area (Å²) < 4.78 is 51.3. The van der Waals surface area contributed by atoms with Gasteiger partial charge in [-0.05, 0) is 31.4 Å². The molecule has 0 aliphatic rings. The molecule has 3 N–H and O–H groups in total. The number of hydrogen-bond acceptors (Lipinski definition) is 3. The minimum atomic E-state index is -4.80. The van der Waals surface area contributed by atoms with Crippen molar-refractivity contribution in [2.75, 3.05) is 23.9 Å². The third-order valence-electron chi connectivity index (χ3n) is 2.62. The minimum absolute atomic E-state index is 0.137. The van der Waals surface area contributed by atoms with Gasteiger partial charge in [0.25, 0.3) is 0 Å². The zero-order valence-corrected chi connectivity index (χ0v) is 12.7. The number of anilines is 1. The summed E-state index contributed by atoms with van der Waals surface area (Å²) >= 11 is 1.36. The van der Waals surface area contributed by atoms with Crippen LogP contribution in [0.4, 0.5) is 28.0 Å². The van der Waals surface area contributed by atoms with Gasteiger partial charge >= 0.3 is 12.2 Å². The molecule has 1 rings (SSSR count). The Morgan fingerprint density at radius 2 is 2.00 bits per heavy atom. The molecule has 1 atom stereocenters. The second-order valence-corrected chi connectivity index (χ2v) is 5.79. The van der Waals surface area contributed by atoms with Crippen LogP contribution in [0.2, 0.25) is 0 Å². The van der Waals surface area contributed by atoms with Gasteiger partial charge in [0.1, 0.15) is 5.82 Å². The lowest BCUT2D eigenvalue weighted by molar-refractivity contribution is -0.137. The molecule has 0 aliphatic heterocycles. The van der Waals surface area contributed by atoms with Crippen LogP contribution in [0.5, 0.6) is 0 Å². The van der Waals surface area contributed by atoms with E-state index in [1.807, 2.05) is 5.32 Å². The van der Waals surface area contributed by atoms with Gasteiger partial charge in [-0.15, -0.1) is 0 Å². The Balaban J connectivity index is 2.77. The number of urea groups is 1. The number of benzene rings is 1. The average molecular weight is 340 g/mol. The lowest BCUT2D eigenvalue weighted by Crippen LogP contribution is -2.44. The summed E-state index contributed by atoms with van der Waals surface area (Å²) in [5.41, 5.74) is -3.03. The highest BCUT2D eigenvalue weighted by atomic mass is 32.2. The monoisotopic (exact) mass is 340 g/mol. The van der Waals surface area contributed by atoms with Gasteiger partial charge in [0, 0.05) is 12.3 Å². The van der Waals surface area contributed by atoms with Gasteiger partial charge in [-0.1, -0.05) is 0 Å². The molecule has 22 heavy (non-hydrogen) atoms. The van der Waals surface area contributed by atoms with Crippen molar-refractivity contribution in [2.24, 2.45) is 0 Å². The van der Waals surface area contributed by atoms with Gasteiger partial charge in [-0.2, -0.15) is 24.9 Å². The second-order valence-electron chi connectivity index (χ2n) is 4.93. The van der Waals surface area contributed by atoms with Crippen molar-refractivity contribution in [1.29, 1.82) is 0 Å². The van der Waals surface area contributed by atoms with E-state index in [0.29, 0.717) is 11.8 Å². The van der Waals surface area contributed by atoms with E-state index < -0.39 is 34.9 Å². The predicted octanol–water partition coefficient (Wildman–Crippen LogP) is 3.08. The Hall–Kier alpha value is -1.48. The number of alkyl halides is 3. The zero-order valence-electron chi connectivity index (χ0n) is 11.9. The van der Waals surface area contributed by atoms with E-state index >= 15 is 0 Å². The van der Waals surface area contributed by atoms with Crippen LogP contribution in [-0.2, 0) is 6.18 Å². The van der Waals surface area contributed by atoms with E-state index in [0.717, 1.165) is 12.1 Å². The molecule has 2 amide bonds. The van der Waals surface area contributed by atoms with Crippen LogP contribution >= 0.6 is 11.8 Å². The van der Waals surface area contributed by atoms with E-state index in [1.54, 1.807) is 6.26 Å². The van der Waals surface area contributed by atoms with Crippen LogP contribution < -0.4 is 10.6 Å². The highest BCUT2D eigenvalue weighted by Crippen LogP contribution is 2.35. The van der Waals surface area contributed by atoms with E-state index in [-0.39, 0.29) is 6.54 Å². The number of halogens is 4. The van der Waals surface area contributed by atoms with E-state index in [4.69, 9.17) is 0 Å². The van der Waals surface area contributed by atoms with Crippen molar-refractivity contribution < 1.29 is 27.5 Å². The number of amides is 2. The molecule has 0 bridgehead atoms. The van der Waals surface area contributed by atoms with Gasteiger partial charge in [-0.3, -0.25) is 0 Å². The fourth-order valence-electron chi connectivity index (χ4n) is 1.66. The first kappa shape index (κ1) is 18.6. The first-order valence-corrected chi connectivity index (χ1v) is 7.57. The maximum absolute atomic E-state index is 12.9. The van der Waals surface area contributed by atoms with Gasteiger partial charge in [-0.25, -0.2) is 9.18 Å². The second kappa shape index (κ2) is 7.19. The van der Waals surface area contributed by atoms with Gasteiger partial charge in [0.05, 0.1) is 16.9 Å². The molecule has 1 unspecified atom stereocenters.